The van der Waals surface area contributed by atoms with E-state index in [1.165, 1.54) is 6.42 Å². The number of nitrogens with two attached hydrogens (primary N) is 1. The lowest BCUT2D eigenvalue weighted by Gasteiger charge is -2.39. The van der Waals surface area contributed by atoms with Crippen LogP contribution in [0.5, 0.6) is 0 Å². The minimum Gasteiger partial charge on any atom is -0.338 e. The number of carbonyl (C=O) groups excluding carboxylic acids is 1. The number of amides is 1. The molecule has 0 aromatic carbocycles. The zero-order chi connectivity index (χ0) is 12.5. The maximum Gasteiger partial charge on any atom is 0.242 e. The number of hydrogen-bond donors (Lipinski definition) is 1. The lowest BCUT2D eigenvalue weighted by atomic mass is 9.76. The fraction of sp³-hybridized carbons (Fsp3) is 0.929. The third-order valence-electron chi connectivity index (χ3n) is 4.57. The predicted octanol–water partition coefficient (Wildman–Crippen LogP) is 2.29. The Morgan fingerprint density at radius 2 is 2.18 bits per heavy atom. The van der Waals surface area contributed by atoms with Gasteiger partial charge in [0.1, 0.15) is 0 Å². The second-order valence-corrected chi connectivity index (χ2v) is 6.06. The Morgan fingerprint density at radius 1 is 1.41 bits per heavy atom. The van der Waals surface area contributed by atoms with Gasteiger partial charge in [-0.1, -0.05) is 26.7 Å². The average Bonchev–Trinajstić information content (AvgIpc) is 2.75. The largest absolute Gasteiger partial charge is 0.338 e. The smallest absolute Gasteiger partial charge is 0.242 e. The molecule has 0 radical (unpaired) electrons. The zero-order valence-electron chi connectivity index (χ0n) is 11.2. The van der Waals surface area contributed by atoms with Crippen molar-refractivity contribution in [3.8, 4) is 0 Å². The van der Waals surface area contributed by atoms with Gasteiger partial charge in [0, 0.05) is 12.6 Å². The fourth-order valence-electron chi connectivity index (χ4n) is 3.60. The van der Waals surface area contributed by atoms with Crippen molar-refractivity contribution in [3.05, 3.63) is 0 Å². The molecule has 1 aliphatic carbocycles. The van der Waals surface area contributed by atoms with Gasteiger partial charge < -0.3 is 10.6 Å². The molecule has 1 amide bonds. The summed E-state index contributed by atoms with van der Waals surface area (Å²) in [5.74, 6) is 0.828. The van der Waals surface area contributed by atoms with E-state index >= 15 is 0 Å². The van der Waals surface area contributed by atoms with Crippen LogP contribution in [0.4, 0.5) is 0 Å². The van der Waals surface area contributed by atoms with E-state index in [1.807, 2.05) is 0 Å². The van der Waals surface area contributed by atoms with Gasteiger partial charge in [-0.3, -0.25) is 4.79 Å². The van der Waals surface area contributed by atoms with E-state index in [-0.39, 0.29) is 5.91 Å². The first-order chi connectivity index (χ1) is 8.07. The summed E-state index contributed by atoms with van der Waals surface area (Å²) in [5.41, 5.74) is 5.84. The molecule has 2 fully saturated rings. The Morgan fingerprint density at radius 3 is 2.82 bits per heavy atom. The molecule has 1 heterocycles. The third kappa shape index (κ3) is 2.49. The van der Waals surface area contributed by atoms with Gasteiger partial charge in [-0.2, -0.15) is 0 Å². The number of nitrogens with zero attached hydrogens (tertiary/aromatic N) is 1. The van der Waals surface area contributed by atoms with E-state index in [9.17, 15) is 4.79 Å². The van der Waals surface area contributed by atoms with E-state index < -0.39 is 5.54 Å². The highest BCUT2D eigenvalue weighted by Gasteiger charge is 2.43. The van der Waals surface area contributed by atoms with Crippen LogP contribution in [0.1, 0.15) is 58.8 Å². The van der Waals surface area contributed by atoms with E-state index in [1.54, 1.807) is 0 Å². The lowest BCUT2D eigenvalue weighted by molar-refractivity contribution is -0.139. The molecule has 0 bridgehead atoms. The first-order valence-corrected chi connectivity index (χ1v) is 7.17. The maximum atomic E-state index is 12.6. The summed E-state index contributed by atoms with van der Waals surface area (Å²) in [6.45, 7) is 5.31. The van der Waals surface area contributed by atoms with Crippen LogP contribution in [-0.4, -0.2) is 28.9 Å². The molecule has 1 aliphatic heterocycles. The Bertz CT molecular complexity index is 292. The second-order valence-electron chi connectivity index (χ2n) is 6.06. The quantitative estimate of drug-likeness (QED) is 0.802. The van der Waals surface area contributed by atoms with Gasteiger partial charge in [-0.05, 0) is 38.0 Å². The third-order valence-corrected chi connectivity index (χ3v) is 4.57. The Labute approximate surface area is 105 Å². The normalized spacial score (nSPS) is 38.4. The van der Waals surface area contributed by atoms with Crippen LogP contribution < -0.4 is 5.73 Å². The summed E-state index contributed by atoms with van der Waals surface area (Å²) in [6.07, 6.45) is 7.46. The van der Waals surface area contributed by atoms with E-state index in [0.29, 0.717) is 12.0 Å². The summed E-state index contributed by atoms with van der Waals surface area (Å²) in [6, 6.07) is 0.445. The number of likely N-dealkylation sites (tertiary alicyclic amines) is 1. The molecular formula is C14H26N2O. The lowest BCUT2D eigenvalue weighted by Crippen LogP contribution is -2.58. The minimum absolute atomic E-state index is 0.230. The van der Waals surface area contributed by atoms with Crippen LogP contribution in [-0.2, 0) is 4.79 Å². The van der Waals surface area contributed by atoms with E-state index in [4.69, 9.17) is 5.73 Å². The van der Waals surface area contributed by atoms with Crippen molar-refractivity contribution >= 4 is 5.91 Å². The molecule has 1 saturated heterocycles. The summed E-state index contributed by atoms with van der Waals surface area (Å²) >= 11 is 0. The molecule has 0 spiro atoms. The van der Waals surface area contributed by atoms with Crippen molar-refractivity contribution in [2.75, 3.05) is 6.54 Å². The number of rotatable bonds is 2. The summed E-state index contributed by atoms with van der Waals surface area (Å²) in [7, 11) is 0. The Hall–Kier alpha value is -0.570. The maximum absolute atomic E-state index is 12.6. The van der Waals surface area contributed by atoms with Crippen LogP contribution in [0.3, 0.4) is 0 Å². The minimum atomic E-state index is -0.560. The zero-order valence-corrected chi connectivity index (χ0v) is 11.2. The second kappa shape index (κ2) is 4.97. The number of hydrogen-bond acceptors (Lipinski definition) is 2. The first-order valence-electron chi connectivity index (χ1n) is 7.17. The van der Waals surface area contributed by atoms with Gasteiger partial charge in [0.05, 0.1) is 5.54 Å². The van der Waals surface area contributed by atoms with Gasteiger partial charge in [-0.25, -0.2) is 0 Å². The first kappa shape index (κ1) is 12.9. The molecule has 0 aromatic rings. The molecule has 2 rings (SSSR count). The Kier molecular flexibility index (Phi) is 3.76. The summed E-state index contributed by atoms with van der Waals surface area (Å²) in [5, 5.41) is 0. The van der Waals surface area contributed by atoms with Crippen LogP contribution in [0, 0.1) is 5.92 Å². The highest BCUT2D eigenvalue weighted by Crippen LogP contribution is 2.34. The molecule has 3 unspecified atom stereocenters. The van der Waals surface area contributed by atoms with Crippen molar-refractivity contribution in [2.45, 2.75) is 70.4 Å². The Balaban J connectivity index is 2.07. The molecule has 3 atom stereocenters. The fourth-order valence-corrected chi connectivity index (χ4v) is 3.60. The molecule has 0 aromatic heterocycles. The monoisotopic (exact) mass is 238 g/mol. The van der Waals surface area contributed by atoms with E-state index in [2.05, 4.69) is 18.7 Å². The SMILES string of the molecule is CCC1CCCN1C(=O)C1(N)CCCC(C)C1. The number of carbonyl (C=O) groups is 1. The van der Waals surface area contributed by atoms with Crippen LogP contribution in [0.25, 0.3) is 0 Å². The molecule has 3 heteroatoms. The molecule has 3 nitrogen and oxygen atoms in total. The van der Waals surface area contributed by atoms with Gasteiger partial charge in [-0.15, -0.1) is 0 Å². The molecule has 17 heavy (non-hydrogen) atoms. The van der Waals surface area contributed by atoms with Crippen molar-refractivity contribution in [3.63, 3.8) is 0 Å². The van der Waals surface area contributed by atoms with Crippen LogP contribution in [0.15, 0.2) is 0 Å². The molecule has 1 saturated carbocycles. The summed E-state index contributed by atoms with van der Waals surface area (Å²) in [4.78, 5) is 14.7. The van der Waals surface area contributed by atoms with Crippen LogP contribution in [0.2, 0.25) is 0 Å². The van der Waals surface area contributed by atoms with Crippen molar-refractivity contribution in [2.24, 2.45) is 11.7 Å². The van der Waals surface area contributed by atoms with Crippen molar-refractivity contribution in [1.29, 1.82) is 0 Å². The molecule has 98 valence electrons. The molecular weight excluding hydrogens is 212 g/mol. The van der Waals surface area contributed by atoms with Gasteiger partial charge >= 0.3 is 0 Å². The molecule has 2 N–H and O–H groups in total. The highest BCUT2D eigenvalue weighted by atomic mass is 16.2. The predicted molar refractivity (Wildman–Crippen MR) is 69.6 cm³/mol. The van der Waals surface area contributed by atoms with Gasteiger partial charge in [0.25, 0.3) is 0 Å². The summed E-state index contributed by atoms with van der Waals surface area (Å²) < 4.78 is 0. The van der Waals surface area contributed by atoms with Crippen molar-refractivity contribution < 1.29 is 4.79 Å². The van der Waals surface area contributed by atoms with E-state index in [0.717, 1.165) is 45.1 Å². The van der Waals surface area contributed by atoms with Crippen LogP contribution >= 0.6 is 0 Å². The van der Waals surface area contributed by atoms with Gasteiger partial charge in [0.15, 0.2) is 0 Å². The van der Waals surface area contributed by atoms with Gasteiger partial charge in [0.2, 0.25) is 5.91 Å². The topological polar surface area (TPSA) is 46.3 Å². The highest BCUT2D eigenvalue weighted by molar-refractivity contribution is 5.86. The average molecular weight is 238 g/mol. The van der Waals surface area contributed by atoms with Crippen molar-refractivity contribution in [1.82, 2.24) is 4.90 Å². The standard InChI is InChI=1S/C14H26N2O/c1-3-12-7-5-9-16(12)13(17)14(15)8-4-6-11(2)10-14/h11-12H,3-10,15H2,1-2H3. The molecule has 2 aliphatic rings.